The van der Waals surface area contributed by atoms with E-state index in [4.69, 9.17) is 0 Å². The number of hydrogen-bond donors (Lipinski definition) is 2. The van der Waals surface area contributed by atoms with Crippen LogP contribution in [0.25, 0.3) is 10.8 Å². The lowest BCUT2D eigenvalue weighted by molar-refractivity contribution is -0.117. The summed E-state index contributed by atoms with van der Waals surface area (Å²) in [6.45, 7) is 1.62. The van der Waals surface area contributed by atoms with Gasteiger partial charge in [-0.05, 0) is 31.2 Å². The summed E-state index contributed by atoms with van der Waals surface area (Å²) in [6, 6.07) is 14.3. The molecular weight excluding hydrogens is 434 g/mol. The first-order chi connectivity index (χ1) is 15.2. The van der Waals surface area contributed by atoms with Gasteiger partial charge in [-0.3, -0.25) is 9.35 Å². The van der Waals surface area contributed by atoms with E-state index in [0.717, 1.165) is 18.2 Å². The Morgan fingerprint density at radius 2 is 1.84 bits per heavy atom. The van der Waals surface area contributed by atoms with Gasteiger partial charge < -0.3 is 5.11 Å². The van der Waals surface area contributed by atoms with Crippen molar-refractivity contribution in [2.45, 2.75) is 17.9 Å². The summed E-state index contributed by atoms with van der Waals surface area (Å²) in [4.78, 5) is 12.4. The Hall–Kier alpha value is -4.14. The molecule has 0 aromatic heterocycles. The fourth-order valence-electron chi connectivity index (χ4n) is 3.29. The van der Waals surface area contributed by atoms with Crippen molar-refractivity contribution in [3.8, 4) is 11.8 Å². The molecule has 0 bridgehead atoms. The van der Waals surface area contributed by atoms with Gasteiger partial charge >= 0.3 is 0 Å². The van der Waals surface area contributed by atoms with E-state index in [-0.39, 0.29) is 27.8 Å². The van der Waals surface area contributed by atoms with Crippen molar-refractivity contribution in [3.63, 3.8) is 0 Å². The first-order valence-corrected chi connectivity index (χ1v) is 10.7. The largest absolute Gasteiger partial charge is 0.506 e. The van der Waals surface area contributed by atoms with Crippen LogP contribution in [-0.2, 0) is 14.9 Å². The zero-order chi connectivity index (χ0) is 23.0. The van der Waals surface area contributed by atoms with E-state index >= 15 is 0 Å². The molecule has 2 N–H and O–H groups in total. The number of hydrogen-bond acceptors (Lipinski definition) is 8. The van der Waals surface area contributed by atoms with Crippen LogP contribution in [0, 0.1) is 11.3 Å². The molecule has 11 heteroatoms. The number of nitriles is 1. The highest BCUT2D eigenvalue weighted by atomic mass is 32.2. The normalized spacial score (nSPS) is 16.5. The van der Waals surface area contributed by atoms with E-state index in [0.29, 0.717) is 11.4 Å². The first kappa shape index (κ1) is 21.1. The third-order valence-corrected chi connectivity index (χ3v) is 5.70. The molecule has 1 heterocycles. The van der Waals surface area contributed by atoms with E-state index in [1.165, 1.54) is 11.1 Å². The monoisotopic (exact) mass is 449 g/mol. The predicted octanol–water partition coefficient (Wildman–Crippen LogP) is 3.54. The number of azo groups is 1. The second-order valence-electron chi connectivity index (χ2n) is 6.93. The molecule has 160 valence electrons. The number of para-hydroxylation sites is 1. The Morgan fingerprint density at radius 1 is 1.12 bits per heavy atom. The molecule has 1 aliphatic heterocycles. The van der Waals surface area contributed by atoms with Crippen LogP contribution in [0.2, 0.25) is 0 Å². The summed E-state index contributed by atoms with van der Waals surface area (Å²) in [7, 11) is -4.51. The first-order valence-electron chi connectivity index (χ1n) is 9.23. The number of benzene rings is 3. The summed E-state index contributed by atoms with van der Waals surface area (Å²) >= 11 is 0. The lowest BCUT2D eigenvalue weighted by Crippen LogP contribution is -2.29. The molecule has 0 saturated heterocycles. The van der Waals surface area contributed by atoms with Gasteiger partial charge in [0, 0.05) is 16.8 Å². The van der Waals surface area contributed by atoms with Crippen molar-refractivity contribution in [2.24, 2.45) is 15.3 Å². The maximum atomic E-state index is 12.8. The molecule has 1 aliphatic rings. The molecule has 0 spiro atoms. The predicted molar refractivity (Wildman–Crippen MR) is 115 cm³/mol. The number of aromatic hydroxyl groups is 1. The molecule has 10 nitrogen and oxygen atoms in total. The lowest BCUT2D eigenvalue weighted by Gasteiger charge is -2.12. The number of phenols is 1. The number of phenolic OH excluding ortho intramolecular Hbond substituents is 1. The van der Waals surface area contributed by atoms with E-state index in [2.05, 4.69) is 15.3 Å². The van der Waals surface area contributed by atoms with E-state index < -0.39 is 27.0 Å². The average molecular weight is 449 g/mol. The smallest absolute Gasteiger partial charge is 0.294 e. The van der Waals surface area contributed by atoms with Crippen molar-refractivity contribution in [3.05, 3.63) is 60.2 Å². The fraction of sp³-hybridized carbons (Fsp3) is 0.0952. The van der Waals surface area contributed by atoms with Crippen molar-refractivity contribution in [2.75, 3.05) is 5.01 Å². The molecule has 0 saturated carbocycles. The topological polar surface area (TPSA) is 156 Å². The summed E-state index contributed by atoms with van der Waals surface area (Å²) in [5.41, 5.74) is 0.888. The Morgan fingerprint density at radius 3 is 2.50 bits per heavy atom. The van der Waals surface area contributed by atoms with Crippen LogP contribution in [0.4, 0.5) is 11.4 Å². The molecule has 3 aromatic rings. The van der Waals surface area contributed by atoms with Gasteiger partial charge in [-0.2, -0.15) is 34.0 Å². The summed E-state index contributed by atoms with van der Waals surface area (Å²) in [6.07, 6.45) is 0. The van der Waals surface area contributed by atoms with Gasteiger partial charge in [0.05, 0.1) is 27.9 Å². The molecule has 0 radical (unpaired) electrons. The highest BCUT2D eigenvalue weighted by Crippen LogP contribution is 2.39. The molecule has 1 amide bonds. The van der Waals surface area contributed by atoms with E-state index in [1.54, 1.807) is 31.2 Å². The average Bonchev–Trinajstić information content (AvgIpc) is 3.05. The van der Waals surface area contributed by atoms with Crippen molar-refractivity contribution < 1.29 is 22.9 Å². The number of anilines is 1. The maximum absolute atomic E-state index is 12.8. The summed E-state index contributed by atoms with van der Waals surface area (Å²) in [5, 5.41) is 33.7. The minimum Gasteiger partial charge on any atom is -0.506 e. The van der Waals surface area contributed by atoms with Crippen molar-refractivity contribution >= 4 is 43.9 Å². The standard InChI is InChI=1S/C21H15N5O5S/c1-12-19(21(28)26(25-12)14-5-3-2-4-6-14)23-24-20-16-8-7-15(32(29,30)31)10-17(16)13(11-22)9-18(20)27/h2-10,19,27H,1H3,(H,29,30,31). The van der Waals surface area contributed by atoms with Crippen LogP contribution >= 0.6 is 0 Å². The number of rotatable bonds is 4. The van der Waals surface area contributed by atoms with Crippen LogP contribution in [0.3, 0.4) is 0 Å². The maximum Gasteiger partial charge on any atom is 0.294 e. The summed E-state index contributed by atoms with van der Waals surface area (Å²) in [5.74, 6) is -0.805. The molecule has 1 unspecified atom stereocenters. The zero-order valence-electron chi connectivity index (χ0n) is 16.5. The summed E-state index contributed by atoms with van der Waals surface area (Å²) < 4.78 is 32.3. The van der Waals surface area contributed by atoms with Gasteiger partial charge in [0.2, 0.25) is 0 Å². The Bertz CT molecular complexity index is 1460. The van der Waals surface area contributed by atoms with Gasteiger partial charge in [-0.15, -0.1) is 0 Å². The molecule has 3 aromatic carbocycles. The highest BCUT2D eigenvalue weighted by molar-refractivity contribution is 7.85. The van der Waals surface area contributed by atoms with Gasteiger partial charge in [-0.25, -0.2) is 0 Å². The lowest BCUT2D eigenvalue weighted by atomic mass is 10.0. The highest BCUT2D eigenvalue weighted by Gasteiger charge is 2.34. The number of fused-ring (bicyclic) bond motifs is 1. The van der Waals surface area contributed by atoms with Gasteiger partial charge in [0.25, 0.3) is 16.0 Å². The van der Waals surface area contributed by atoms with Gasteiger partial charge in [0.15, 0.2) is 6.04 Å². The number of amides is 1. The van der Waals surface area contributed by atoms with Crippen LogP contribution in [0.5, 0.6) is 5.75 Å². The van der Waals surface area contributed by atoms with Crippen LogP contribution in [-0.4, -0.2) is 35.7 Å². The Labute approximate surface area is 182 Å². The van der Waals surface area contributed by atoms with Gasteiger partial charge in [0.1, 0.15) is 11.4 Å². The van der Waals surface area contributed by atoms with E-state index in [1.807, 2.05) is 12.1 Å². The molecule has 1 atom stereocenters. The van der Waals surface area contributed by atoms with E-state index in [9.17, 15) is 28.1 Å². The minimum absolute atomic E-state index is 0.0214. The number of hydrazone groups is 1. The van der Waals surface area contributed by atoms with Crippen molar-refractivity contribution in [1.82, 2.24) is 0 Å². The zero-order valence-corrected chi connectivity index (χ0v) is 17.4. The quantitative estimate of drug-likeness (QED) is 0.458. The van der Waals surface area contributed by atoms with Crippen molar-refractivity contribution in [1.29, 1.82) is 5.26 Å². The molecule has 0 aliphatic carbocycles. The number of carbonyl (C=O) groups excluding carboxylic acids is 1. The third kappa shape index (κ3) is 3.68. The number of nitrogens with zero attached hydrogens (tertiary/aromatic N) is 5. The van der Waals surface area contributed by atoms with Crippen LogP contribution < -0.4 is 5.01 Å². The molecule has 4 rings (SSSR count). The molecular formula is C21H15N5O5S. The van der Waals surface area contributed by atoms with Crippen LogP contribution in [0.1, 0.15) is 12.5 Å². The SMILES string of the molecule is CC1=NN(c2ccccc2)C(=O)C1N=Nc1c(O)cc(C#N)c2cc(S(=O)(=O)O)ccc12. The molecule has 32 heavy (non-hydrogen) atoms. The third-order valence-electron chi connectivity index (χ3n) is 4.85. The number of carbonyl (C=O) groups is 1. The Balaban J connectivity index is 1.76. The minimum atomic E-state index is -4.51. The molecule has 0 fully saturated rings. The van der Waals surface area contributed by atoms with Crippen LogP contribution in [0.15, 0.2) is 74.8 Å². The second-order valence-corrected chi connectivity index (χ2v) is 8.35. The van der Waals surface area contributed by atoms with Gasteiger partial charge in [-0.1, -0.05) is 24.3 Å². The second kappa shape index (κ2) is 7.84. The Kier molecular flexibility index (Phi) is 5.17. The fourth-order valence-corrected chi connectivity index (χ4v) is 3.80.